The van der Waals surface area contributed by atoms with Crippen molar-refractivity contribution < 1.29 is 4.92 Å². The first-order chi connectivity index (χ1) is 11.6. The van der Waals surface area contributed by atoms with Gasteiger partial charge in [0.05, 0.1) is 10.6 Å². The summed E-state index contributed by atoms with van der Waals surface area (Å²) in [6, 6.07) is 6.92. The Morgan fingerprint density at radius 2 is 1.96 bits per heavy atom. The van der Waals surface area contributed by atoms with Crippen LogP contribution in [0, 0.1) is 10.1 Å². The smallest absolute Gasteiger partial charge is 0.311 e. The van der Waals surface area contributed by atoms with Gasteiger partial charge < -0.3 is 5.73 Å². The molecule has 3 aromatic rings. The van der Waals surface area contributed by atoms with E-state index in [0.717, 1.165) is 16.7 Å². The fraction of sp³-hybridized carbons (Fsp3) is 0.0625. The molecule has 0 aliphatic heterocycles. The Bertz CT molecular complexity index is 902. The topological polar surface area (TPSA) is 108 Å². The van der Waals surface area contributed by atoms with Gasteiger partial charge in [-0.3, -0.25) is 20.1 Å². The van der Waals surface area contributed by atoms with Crippen LogP contribution < -0.4 is 5.73 Å². The van der Waals surface area contributed by atoms with E-state index in [1.165, 1.54) is 6.07 Å². The van der Waals surface area contributed by atoms with E-state index in [1.54, 1.807) is 30.9 Å². The van der Waals surface area contributed by atoms with E-state index in [0.29, 0.717) is 15.7 Å². The maximum atomic E-state index is 11.3. The van der Waals surface area contributed by atoms with Crippen LogP contribution in [-0.2, 0) is 4.43 Å². The van der Waals surface area contributed by atoms with Crippen LogP contribution in [0.2, 0.25) is 0 Å². The van der Waals surface area contributed by atoms with Crippen LogP contribution >= 0.6 is 22.6 Å². The number of anilines is 1. The number of nitro groups is 1. The van der Waals surface area contributed by atoms with Crippen molar-refractivity contribution in [3.8, 4) is 22.4 Å². The number of nitrogens with two attached hydrogens (primary N) is 1. The summed E-state index contributed by atoms with van der Waals surface area (Å²) in [5, 5.41) is 11.3. The standard InChI is InChI=1S/C16H12IN5O2/c17-7-11-9-20-5-3-12(11)13-6-14(22(23)24)16(18)21-15(13)10-2-1-4-19-8-10/h1-6,8-9H,7H2,(H2,18,21). The number of aromatic nitrogens is 3. The normalized spacial score (nSPS) is 10.5. The monoisotopic (exact) mass is 433 g/mol. The van der Waals surface area contributed by atoms with Crippen LogP contribution in [0.4, 0.5) is 11.5 Å². The molecule has 3 heterocycles. The van der Waals surface area contributed by atoms with Crippen molar-refractivity contribution in [1.29, 1.82) is 0 Å². The van der Waals surface area contributed by atoms with Crippen LogP contribution in [0.15, 0.2) is 49.1 Å². The molecule has 3 aromatic heterocycles. The van der Waals surface area contributed by atoms with E-state index in [9.17, 15) is 10.1 Å². The number of halogens is 1. The molecule has 7 nitrogen and oxygen atoms in total. The van der Waals surface area contributed by atoms with Crippen LogP contribution in [0.25, 0.3) is 22.4 Å². The second-order valence-electron chi connectivity index (χ2n) is 4.95. The molecule has 0 amide bonds. The lowest BCUT2D eigenvalue weighted by Crippen LogP contribution is -2.02. The predicted molar refractivity (Wildman–Crippen MR) is 99.5 cm³/mol. The summed E-state index contributed by atoms with van der Waals surface area (Å²) in [7, 11) is 0. The molecule has 0 saturated carbocycles. The number of hydrogen-bond acceptors (Lipinski definition) is 6. The Labute approximate surface area is 151 Å². The zero-order chi connectivity index (χ0) is 17.1. The maximum Gasteiger partial charge on any atom is 0.311 e. The first-order valence-corrected chi connectivity index (χ1v) is 8.49. The quantitative estimate of drug-likeness (QED) is 0.291. The lowest BCUT2D eigenvalue weighted by Gasteiger charge is -2.12. The third-order valence-corrected chi connectivity index (χ3v) is 4.32. The maximum absolute atomic E-state index is 11.3. The van der Waals surface area contributed by atoms with Gasteiger partial charge in [0.1, 0.15) is 0 Å². The van der Waals surface area contributed by atoms with E-state index in [4.69, 9.17) is 5.73 Å². The number of nitrogen functional groups attached to an aromatic ring is 1. The molecule has 24 heavy (non-hydrogen) atoms. The van der Waals surface area contributed by atoms with Gasteiger partial charge in [0.25, 0.3) is 0 Å². The van der Waals surface area contributed by atoms with Gasteiger partial charge in [0, 0.05) is 46.4 Å². The Balaban J connectivity index is 2.33. The van der Waals surface area contributed by atoms with Crippen molar-refractivity contribution >= 4 is 34.1 Å². The van der Waals surface area contributed by atoms with Crippen molar-refractivity contribution in [2.24, 2.45) is 0 Å². The molecular formula is C16H12IN5O2. The number of nitrogens with zero attached hydrogens (tertiary/aromatic N) is 4. The molecular weight excluding hydrogens is 421 g/mol. The van der Waals surface area contributed by atoms with Gasteiger partial charge in [0.2, 0.25) is 5.82 Å². The summed E-state index contributed by atoms with van der Waals surface area (Å²) in [4.78, 5) is 23.3. The fourth-order valence-corrected chi connectivity index (χ4v) is 3.00. The molecule has 120 valence electrons. The highest BCUT2D eigenvalue weighted by Gasteiger charge is 2.21. The van der Waals surface area contributed by atoms with Gasteiger partial charge in [-0.1, -0.05) is 22.6 Å². The Hall–Kier alpha value is -2.62. The molecule has 0 spiro atoms. The SMILES string of the molecule is Nc1nc(-c2cccnc2)c(-c2ccncc2CI)cc1[N+](=O)[O-]. The number of hydrogen-bond donors (Lipinski definition) is 1. The first-order valence-electron chi connectivity index (χ1n) is 6.96. The van der Waals surface area contributed by atoms with Crippen LogP contribution in [0.5, 0.6) is 0 Å². The minimum absolute atomic E-state index is 0.118. The first kappa shape index (κ1) is 16.2. The van der Waals surface area contributed by atoms with Crippen molar-refractivity contribution in [2.75, 3.05) is 5.73 Å². The van der Waals surface area contributed by atoms with E-state index < -0.39 is 4.92 Å². The molecule has 0 unspecified atom stereocenters. The van der Waals surface area contributed by atoms with Gasteiger partial charge in [-0.25, -0.2) is 4.98 Å². The summed E-state index contributed by atoms with van der Waals surface area (Å²) in [5.74, 6) is -0.118. The largest absolute Gasteiger partial charge is 0.378 e. The van der Waals surface area contributed by atoms with E-state index in [-0.39, 0.29) is 11.5 Å². The zero-order valence-electron chi connectivity index (χ0n) is 12.4. The number of pyridine rings is 3. The highest BCUT2D eigenvalue weighted by Crippen LogP contribution is 2.37. The molecule has 0 atom stereocenters. The van der Waals surface area contributed by atoms with E-state index in [1.807, 2.05) is 12.1 Å². The summed E-state index contributed by atoms with van der Waals surface area (Å²) >= 11 is 2.23. The minimum atomic E-state index is -0.524. The third kappa shape index (κ3) is 3.04. The lowest BCUT2D eigenvalue weighted by atomic mass is 9.97. The van der Waals surface area contributed by atoms with Gasteiger partial charge in [-0.05, 0) is 29.3 Å². The summed E-state index contributed by atoms with van der Waals surface area (Å²) in [5.41, 5.74) is 9.32. The molecule has 0 fully saturated rings. The zero-order valence-corrected chi connectivity index (χ0v) is 14.5. The minimum Gasteiger partial charge on any atom is -0.378 e. The van der Waals surface area contributed by atoms with E-state index in [2.05, 4.69) is 37.5 Å². The molecule has 3 rings (SSSR count). The fourth-order valence-electron chi connectivity index (χ4n) is 2.39. The highest BCUT2D eigenvalue weighted by atomic mass is 127. The third-order valence-electron chi connectivity index (χ3n) is 3.50. The molecule has 0 bridgehead atoms. The van der Waals surface area contributed by atoms with Crippen LogP contribution in [0.3, 0.4) is 0 Å². The molecule has 0 aliphatic carbocycles. The highest BCUT2D eigenvalue weighted by molar-refractivity contribution is 14.1. The van der Waals surface area contributed by atoms with Gasteiger partial charge in [-0.2, -0.15) is 0 Å². The summed E-state index contributed by atoms with van der Waals surface area (Å²) in [6.45, 7) is 0. The Morgan fingerprint density at radius 1 is 1.17 bits per heavy atom. The van der Waals surface area contributed by atoms with E-state index >= 15 is 0 Å². The predicted octanol–water partition coefficient (Wildman–Crippen LogP) is 3.63. The molecule has 0 aromatic carbocycles. The second-order valence-corrected chi connectivity index (χ2v) is 5.72. The average Bonchev–Trinajstić information content (AvgIpc) is 2.62. The lowest BCUT2D eigenvalue weighted by molar-refractivity contribution is -0.384. The van der Waals surface area contributed by atoms with Gasteiger partial charge in [-0.15, -0.1) is 0 Å². The average molecular weight is 433 g/mol. The van der Waals surface area contributed by atoms with Crippen LogP contribution in [-0.4, -0.2) is 19.9 Å². The number of rotatable bonds is 4. The molecule has 0 radical (unpaired) electrons. The summed E-state index contributed by atoms with van der Waals surface area (Å²) in [6.07, 6.45) is 6.71. The Kier molecular flexibility index (Phi) is 4.65. The van der Waals surface area contributed by atoms with Crippen molar-refractivity contribution in [3.63, 3.8) is 0 Å². The molecule has 0 aliphatic rings. The second kappa shape index (κ2) is 6.87. The van der Waals surface area contributed by atoms with Gasteiger partial charge in [0.15, 0.2) is 0 Å². The van der Waals surface area contributed by atoms with Crippen molar-refractivity contribution in [3.05, 3.63) is 64.7 Å². The number of alkyl halides is 1. The summed E-state index contributed by atoms with van der Waals surface area (Å²) < 4.78 is 0.714. The molecule has 2 N–H and O–H groups in total. The molecule has 0 saturated heterocycles. The van der Waals surface area contributed by atoms with Crippen LogP contribution in [0.1, 0.15) is 5.56 Å². The molecule has 8 heteroatoms. The van der Waals surface area contributed by atoms with Crippen molar-refractivity contribution in [2.45, 2.75) is 4.43 Å². The van der Waals surface area contributed by atoms with Gasteiger partial charge >= 0.3 is 5.69 Å². The Morgan fingerprint density at radius 3 is 2.62 bits per heavy atom. The van der Waals surface area contributed by atoms with Crippen molar-refractivity contribution in [1.82, 2.24) is 15.0 Å².